The third-order valence-corrected chi connectivity index (χ3v) is 3.56. The first kappa shape index (κ1) is 14.2. The van der Waals surface area contributed by atoms with Crippen LogP contribution in [0.2, 0.25) is 0 Å². The first-order valence-corrected chi connectivity index (χ1v) is 6.48. The van der Waals surface area contributed by atoms with E-state index in [9.17, 15) is 13.2 Å². The van der Waals surface area contributed by atoms with Crippen molar-refractivity contribution in [2.75, 3.05) is 18.5 Å². The highest BCUT2D eigenvalue weighted by Crippen LogP contribution is 2.42. The number of likely N-dealkylation sites (N-methyl/N-ethyl adjacent to an activating group) is 1. The van der Waals surface area contributed by atoms with E-state index in [1.165, 1.54) is 12.1 Å². The average molecular weight is 272 g/mol. The Kier molecular flexibility index (Phi) is 3.76. The van der Waals surface area contributed by atoms with Crippen molar-refractivity contribution < 1.29 is 13.2 Å². The Morgan fingerprint density at radius 3 is 2.58 bits per heavy atom. The van der Waals surface area contributed by atoms with Crippen LogP contribution < -0.4 is 10.2 Å². The predicted molar refractivity (Wildman–Crippen MR) is 70.5 cm³/mol. The van der Waals surface area contributed by atoms with Crippen LogP contribution >= 0.6 is 0 Å². The molecule has 1 N–H and O–H groups in total. The summed E-state index contributed by atoms with van der Waals surface area (Å²) >= 11 is 0. The van der Waals surface area contributed by atoms with Crippen LogP contribution in [0.4, 0.5) is 18.9 Å². The van der Waals surface area contributed by atoms with E-state index in [2.05, 4.69) is 10.2 Å². The Hall–Kier alpha value is -1.23. The molecule has 1 aliphatic rings. The Morgan fingerprint density at radius 1 is 1.37 bits per heavy atom. The smallest absolute Gasteiger partial charge is 0.364 e. The molecule has 1 heterocycles. The molecule has 5 heteroatoms. The van der Waals surface area contributed by atoms with E-state index in [0.29, 0.717) is 18.5 Å². The summed E-state index contributed by atoms with van der Waals surface area (Å²) in [5, 5.41) is 3.06. The van der Waals surface area contributed by atoms with Crippen molar-refractivity contribution in [3.8, 4) is 0 Å². The molecule has 2 nitrogen and oxygen atoms in total. The number of anilines is 1. The molecule has 1 atom stereocenters. The quantitative estimate of drug-likeness (QED) is 0.909. The number of hydrogen-bond acceptors (Lipinski definition) is 2. The van der Waals surface area contributed by atoms with Gasteiger partial charge < -0.3 is 10.2 Å². The van der Waals surface area contributed by atoms with E-state index in [1.54, 1.807) is 6.07 Å². The van der Waals surface area contributed by atoms with Gasteiger partial charge in [0.05, 0.1) is 5.56 Å². The van der Waals surface area contributed by atoms with Gasteiger partial charge in [0.1, 0.15) is 0 Å². The van der Waals surface area contributed by atoms with Crippen molar-refractivity contribution in [2.24, 2.45) is 0 Å². The number of halogens is 3. The molecule has 0 spiro atoms. The highest BCUT2D eigenvalue weighted by atomic mass is 19.4. The van der Waals surface area contributed by atoms with E-state index in [0.717, 1.165) is 5.69 Å². The van der Waals surface area contributed by atoms with Gasteiger partial charge >= 0.3 is 6.18 Å². The average Bonchev–Trinajstić information content (AvgIpc) is 2.65. The summed E-state index contributed by atoms with van der Waals surface area (Å²) in [6, 6.07) is 4.74. The number of nitrogens with one attached hydrogen (secondary N) is 1. The fraction of sp³-hybridized carbons (Fsp3) is 0.571. The van der Waals surface area contributed by atoms with Crippen LogP contribution in [0.25, 0.3) is 0 Å². The molecule has 106 valence electrons. The summed E-state index contributed by atoms with van der Waals surface area (Å²) in [6.45, 7) is 4.71. The highest BCUT2D eigenvalue weighted by molar-refractivity contribution is 5.63. The first-order valence-electron chi connectivity index (χ1n) is 6.48. The molecule has 0 radical (unpaired) electrons. The third-order valence-electron chi connectivity index (χ3n) is 3.56. The summed E-state index contributed by atoms with van der Waals surface area (Å²) < 4.78 is 39.2. The number of hydrogen-bond donors (Lipinski definition) is 1. The Morgan fingerprint density at radius 2 is 2.05 bits per heavy atom. The number of alkyl halides is 3. The second kappa shape index (κ2) is 5.04. The lowest BCUT2D eigenvalue weighted by molar-refractivity contribution is -0.138. The van der Waals surface area contributed by atoms with Crippen molar-refractivity contribution in [2.45, 2.75) is 38.5 Å². The number of nitrogens with zero attached hydrogens (tertiary/aromatic N) is 1. The number of fused-ring (bicyclic) bond motifs is 1. The zero-order chi connectivity index (χ0) is 14.2. The monoisotopic (exact) mass is 272 g/mol. The fourth-order valence-electron chi connectivity index (χ4n) is 2.93. The molecule has 0 aliphatic carbocycles. The van der Waals surface area contributed by atoms with Crippen LogP contribution in [-0.4, -0.2) is 25.7 Å². The summed E-state index contributed by atoms with van der Waals surface area (Å²) in [6.07, 6.45) is -3.83. The predicted octanol–water partition coefficient (Wildman–Crippen LogP) is 3.06. The lowest BCUT2D eigenvalue weighted by atomic mass is 10.0. The van der Waals surface area contributed by atoms with E-state index < -0.39 is 11.7 Å². The van der Waals surface area contributed by atoms with Crippen molar-refractivity contribution in [1.29, 1.82) is 0 Å². The zero-order valence-electron chi connectivity index (χ0n) is 11.4. The van der Waals surface area contributed by atoms with Crippen LogP contribution in [0.3, 0.4) is 0 Å². The number of benzene rings is 1. The Balaban J connectivity index is 2.47. The van der Waals surface area contributed by atoms with E-state index >= 15 is 0 Å². The molecule has 2 rings (SSSR count). The van der Waals surface area contributed by atoms with Crippen molar-refractivity contribution in [3.05, 3.63) is 29.3 Å². The zero-order valence-corrected chi connectivity index (χ0v) is 11.4. The Bertz CT molecular complexity index is 454. The maximum absolute atomic E-state index is 13.1. The SMILES string of the molecule is CNCC1Cc2c(cccc2C(F)(F)F)N1C(C)C. The lowest BCUT2D eigenvalue weighted by Crippen LogP contribution is -2.43. The molecule has 1 aromatic carbocycles. The van der Waals surface area contributed by atoms with Gasteiger partial charge in [-0.1, -0.05) is 6.07 Å². The largest absolute Gasteiger partial charge is 0.416 e. The topological polar surface area (TPSA) is 15.3 Å². The summed E-state index contributed by atoms with van der Waals surface area (Å²) in [5.74, 6) is 0. The van der Waals surface area contributed by atoms with Crippen molar-refractivity contribution in [1.82, 2.24) is 5.32 Å². The molecule has 0 saturated heterocycles. The fourth-order valence-corrected chi connectivity index (χ4v) is 2.93. The van der Waals surface area contributed by atoms with E-state index in [1.807, 2.05) is 20.9 Å². The van der Waals surface area contributed by atoms with Gasteiger partial charge in [-0.05, 0) is 45.0 Å². The van der Waals surface area contributed by atoms with E-state index in [4.69, 9.17) is 0 Å². The van der Waals surface area contributed by atoms with Gasteiger partial charge in [-0.3, -0.25) is 0 Å². The summed E-state index contributed by atoms with van der Waals surface area (Å²) in [4.78, 5) is 2.08. The van der Waals surface area contributed by atoms with Gasteiger partial charge in [-0.15, -0.1) is 0 Å². The van der Waals surface area contributed by atoms with Crippen LogP contribution in [0.15, 0.2) is 18.2 Å². The maximum Gasteiger partial charge on any atom is 0.416 e. The van der Waals surface area contributed by atoms with Crippen LogP contribution in [-0.2, 0) is 12.6 Å². The molecule has 0 saturated carbocycles. The number of rotatable bonds is 3. The normalized spacial score (nSPS) is 19.1. The molecule has 0 fully saturated rings. The summed E-state index contributed by atoms with van der Waals surface area (Å²) in [7, 11) is 1.83. The maximum atomic E-state index is 13.1. The molecule has 1 aromatic rings. The van der Waals surface area contributed by atoms with Crippen LogP contribution in [0, 0.1) is 0 Å². The van der Waals surface area contributed by atoms with Crippen molar-refractivity contribution >= 4 is 5.69 Å². The highest BCUT2D eigenvalue weighted by Gasteiger charge is 2.39. The van der Waals surface area contributed by atoms with Crippen LogP contribution in [0.1, 0.15) is 25.0 Å². The molecule has 1 aliphatic heterocycles. The second-order valence-electron chi connectivity index (χ2n) is 5.22. The second-order valence-corrected chi connectivity index (χ2v) is 5.22. The molecule has 0 bridgehead atoms. The summed E-state index contributed by atoms with van der Waals surface area (Å²) in [5.41, 5.74) is 0.670. The molecule has 0 aromatic heterocycles. The minimum Gasteiger partial charge on any atom is -0.364 e. The molecule has 1 unspecified atom stereocenters. The first-order chi connectivity index (χ1) is 8.86. The molecule has 19 heavy (non-hydrogen) atoms. The van der Waals surface area contributed by atoms with Gasteiger partial charge in [-0.2, -0.15) is 13.2 Å². The van der Waals surface area contributed by atoms with E-state index in [-0.39, 0.29) is 12.1 Å². The molecule has 0 amide bonds. The minimum absolute atomic E-state index is 0.0866. The Labute approximate surface area is 111 Å². The molecular formula is C14H19F3N2. The van der Waals surface area contributed by atoms with Gasteiger partial charge in [0.15, 0.2) is 0 Å². The third kappa shape index (κ3) is 2.56. The van der Waals surface area contributed by atoms with Crippen LogP contribution in [0.5, 0.6) is 0 Å². The van der Waals surface area contributed by atoms with Gasteiger partial charge in [-0.25, -0.2) is 0 Å². The van der Waals surface area contributed by atoms with Crippen molar-refractivity contribution in [3.63, 3.8) is 0 Å². The lowest BCUT2D eigenvalue weighted by Gasteiger charge is -2.31. The molecular weight excluding hydrogens is 253 g/mol. The van der Waals surface area contributed by atoms with Gasteiger partial charge in [0.25, 0.3) is 0 Å². The minimum atomic E-state index is -4.28. The van der Waals surface area contributed by atoms with Gasteiger partial charge in [0.2, 0.25) is 0 Å². The van der Waals surface area contributed by atoms with Gasteiger partial charge in [0, 0.05) is 24.3 Å². The standard InChI is InChI=1S/C14H19F3N2/c1-9(2)19-10(8-18-3)7-11-12(14(15,16)17)5-4-6-13(11)19/h4-6,9-10,18H,7-8H2,1-3H3.